The number of furan rings is 1. The van der Waals surface area contributed by atoms with E-state index in [1.54, 1.807) is 30.5 Å². The molecule has 1 aliphatic rings. The molecular formula is C19H21Cl2N3O3. The van der Waals surface area contributed by atoms with Gasteiger partial charge < -0.3 is 15.1 Å². The lowest BCUT2D eigenvalue weighted by Gasteiger charge is -2.23. The van der Waals surface area contributed by atoms with Crippen molar-refractivity contribution in [1.82, 2.24) is 10.2 Å². The van der Waals surface area contributed by atoms with Crippen molar-refractivity contribution < 1.29 is 14.0 Å². The van der Waals surface area contributed by atoms with Gasteiger partial charge in [0.05, 0.1) is 29.6 Å². The first kappa shape index (κ1) is 19.7. The Bertz CT molecular complexity index is 796. The highest BCUT2D eigenvalue weighted by Crippen LogP contribution is 2.25. The summed E-state index contributed by atoms with van der Waals surface area (Å²) in [7, 11) is 0. The number of benzene rings is 1. The molecule has 1 atom stereocenters. The maximum absolute atomic E-state index is 12.4. The van der Waals surface area contributed by atoms with Crippen LogP contribution in [0.25, 0.3) is 0 Å². The van der Waals surface area contributed by atoms with Crippen LogP contribution in [0.2, 0.25) is 10.0 Å². The molecule has 0 unspecified atom stereocenters. The molecule has 2 N–H and O–H groups in total. The van der Waals surface area contributed by atoms with Gasteiger partial charge in [0, 0.05) is 18.0 Å². The second kappa shape index (κ2) is 9.26. The van der Waals surface area contributed by atoms with E-state index < -0.39 is 0 Å². The van der Waals surface area contributed by atoms with Crippen LogP contribution in [0.4, 0.5) is 5.69 Å². The van der Waals surface area contributed by atoms with Crippen LogP contribution in [0.3, 0.4) is 0 Å². The Labute approximate surface area is 167 Å². The summed E-state index contributed by atoms with van der Waals surface area (Å²) in [6.45, 7) is 1.66. The van der Waals surface area contributed by atoms with Gasteiger partial charge in [-0.05, 0) is 49.7 Å². The summed E-state index contributed by atoms with van der Waals surface area (Å²) in [4.78, 5) is 26.7. The molecule has 1 aromatic carbocycles. The number of rotatable bonds is 7. The first-order valence-electron chi connectivity index (χ1n) is 8.82. The number of carbonyl (C=O) groups is 2. The molecule has 2 heterocycles. The molecule has 0 spiro atoms. The number of carbonyl (C=O) groups excluding carboxylic acids is 2. The molecule has 0 radical (unpaired) electrons. The third-order valence-electron chi connectivity index (χ3n) is 4.51. The number of hydrogen-bond acceptors (Lipinski definition) is 4. The SMILES string of the molecule is O=C(CCN1CCC[C@H]1C(=O)NCc1ccco1)Nc1cc(Cl)ccc1Cl. The van der Waals surface area contributed by atoms with Gasteiger partial charge in [-0.1, -0.05) is 23.2 Å². The highest BCUT2D eigenvalue weighted by Gasteiger charge is 2.30. The normalized spacial score (nSPS) is 17.0. The number of likely N-dealkylation sites (tertiary alicyclic amines) is 1. The fourth-order valence-corrected chi connectivity index (χ4v) is 3.48. The van der Waals surface area contributed by atoms with Crippen molar-refractivity contribution in [2.24, 2.45) is 0 Å². The maximum Gasteiger partial charge on any atom is 0.237 e. The molecule has 2 amide bonds. The van der Waals surface area contributed by atoms with Gasteiger partial charge in [0.25, 0.3) is 0 Å². The van der Waals surface area contributed by atoms with Gasteiger partial charge >= 0.3 is 0 Å². The molecule has 8 heteroatoms. The van der Waals surface area contributed by atoms with Crippen molar-refractivity contribution in [2.45, 2.75) is 31.8 Å². The number of hydrogen-bond donors (Lipinski definition) is 2. The van der Waals surface area contributed by atoms with E-state index in [0.29, 0.717) is 34.6 Å². The highest BCUT2D eigenvalue weighted by atomic mass is 35.5. The predicted octanol–water partition coefficient (Wildman–Crippen LogP) is 3.70. The van der Waals surface area contributed by atoms with E-state index in [1.165, 1.54) is 0 Å². The van der Waals surface area contributed by atoms with Gasteiger partial charge in [0.2, 0.25) is 11.8 Å². The molecule has 3 rings (SSSR count). The summed E-state index contributed by atoms with van der Waals surface area (Å²) in [6.07, 6.45) is 3.56. The number of anilines is 1. The maximum atomic E-state index is 12.4. The average molecular weight is 410 g/mol. The van der Waals surface area contributed by atoms with Crippen molar-refractivity contribution in [3.63, 3.8) is 0 Å². The van der Waals surface area contributed by atoms with Crippen LogP contribution < -0.4 is 10.6 Å². The van der Waals surface area contributed by atoms with Gasteiger partial charge in [0.1, 0.15) is 5.76 Å². The molecule has 2 aromatic rings. The quantitative estimate of drug-likeness (QED) is 0.730. The average Bonchev–Trinajstić information content (AvgIpc) is 3.32. The lowest BCUT2D eigenvalue weighted by Crippen LogP contribution is -2.43. The Balaban J connectivity index is 1.48. The summed E-state index contributed by atoms with van der Waals surface area (Å²) in [6, 6.07) is 8.30. The smallest absolute Gasteiger partial charge is 0.237 e. The molecule has 1 saturated heterocycles. The Morgan fingerprint density at radius 2 is 2.11 bits per heavy atom. The predicted molar refractivity (Wildman–Crippen MR) is 105 cm³/mol. The highest BCUT2D eigenvalue weighted by molar-refractivity contribution is 6.35. The summed E-state index contributed by atoms with van der Waals surface area (Å²) >= 11 is 12.0. The second-order valence-electron chi connectivity index (χ2n) is 6.41. The van der Waals surface area contributed by atoms with Crippen LogP contribution in [0.15, 0.2) is 41.0 Å². The number of nitrogens with zero attached hydrogens (tertiary/aromatic N) is 1. The van der Waals surface area contributed by atoms with E-state index in [4.69, 9.17) is 27.6 Å². The van der Waals surface area contributed by atoms with Crippen molar-refractivity contribution in [3.8, 4) is 0 Å². The minimum atomic E-state index is -0.220. The van der Waals surface area contributed by atoms with Crippen LogP contribution in [-0.4, -0.2) is 35.8 Å². The first-order valence-corrected chi connectivity index (χ1v) is 9.57. The fourth-order valence-electron chi connectivity index (χ4n) is 3.15. The second-order valence-corrected chi connectivity index (χ2v) is 7.26. The van der Waals surface area contributed by atoms with Gasteiger partial charge in [-0.2, -0.15) is 0 Å². The molecular weight excluding hydrogens is 389 g/mol. The molecule has 27 heavy (non-hydrogen) atoms. The van der Waals surface area contributed by atoms with E-state index in [2.05, 4.69) is 10.6 Å². The summed E-state index contributed by atoms with van der Waals surface area (Å²) in [5, 5.41) is 6.60. The van der Waals surface area contributed by atoms with E-state index in [0.717, 1.165) is 19.4 Å². The molecule has 1 aliphatic heterocycles. The Kier molecular flexibility index (Phi) is 6.77. The summed E-state index contributed by atoms with van der Waals surface area (Å²) in [5.41, 5.74) is 0.489. The molecule has 144 valence electrons. The first-order chi connectivity index (χ1) is 13.0. The molecule has 0 saturated carbocycles. The van der Waals surface area contributed by atoms with Crippen LogP contribution in [0.1, 0.15) is 25.0 Å². The van der Waals surface area contributed by atoms with Crippen molar-refractivity contribution in [2.75, 3.05) is 18.4 Å². The molecule has 1 fully saturated rings. The van der Waals surface area contributed by atoms with E-state index in [-0.39, 0.29) is 24.3 Å². The fraction of sp³-hybridized carbons (Fsp3) is 0.368. The topological polar surface area (TPSA) is 74.6 Å². The summed E-state index contributed by atoms with van der Waals surface area (Å²) in [5.74, 6) is 0.508. The Morgan fingerprint density at radius 1 is 1.26 bits per heavy atom. The lowest BCUT2D eigenvalue weighted by molar-refractivity contribution is -0.126. The largest absolute Gasteiger partial charge is 0.467 e. The van der Waals surface area contributed by atoms with E-state index in [1.807, 2.05) is 11.0 Å². The van der Waals surface area contributed by atoms with Gasteiger partial charge in [0.15, 0.2) is 0 Å². The van der Waals surface area contributed by atoms with Crippen LogP contribution in [0.5, 0.6) is 0 Å². The number of amides is 2. The monoisotopic (exact) mass is 409 g/mol. The third-order valence-corrected chi connectivity index (χ3v) is 5.08. The van der Waals surface area contributed by atoms with Gasteiger partial charge in [-0.25, -0.2) is 0 Å². The third kappa shape index (κ3) is 5.48. The van der Waals surface area contributed by atoms with Gasteiger partial charge in [-0.15, -0.1) is 0 Å². The zero-order valence-electron chi connectivity index (χ0n) is 14.7. The zero-order chi connectivity index (χ0) is 19.2. The van der Waals surface area contributed by atoms with Crippen LogP contribution >= 0.6 is 23.2 Å². The minimum absolute atomic E-state index is 0.0396. The molecule has 0 aliphatic carbocycles. The van der Waals surface area contributed by atoms with E-state index >= 15 is 0 Å². The molecule has 0 bridgehead atoms. The summed E-state index contributed by atoms with van der Waals surface area (Å²) < 4.78 is 5.23. The zero-order valence-corrected chi connectivity index (χ0v) is 16.2. The van der Waals surface area contributed by atoms with Gasteiger partial charge in [-0.3, -0.25) is 14.5 Å². The van der Waals surface area contributed by atoms with Crippen LogP contribution in [-0.2, 0) is 16.1 Å². The Morgan fingerprint density at radius 3 is 2.89 bits per heavy atom. The van der Waals surface area contributed by atoms with Crippen molar-refractivity contribution in [3.05, 3.63) is 52.4 Å². The molecule has 6 nitrogen and oxygen atoms in total. The standard InChI is InChI=1S/C19H21Cl2N3O3/c20-13-5-6-15(21)16(11-13)23-18(25)7-9-24-8-1-4-17(24)19(26)22-12-14-3-2-10-27-14/h2-3,5-6,10-11,17H,1,4,7-9,12H2,(H,22,26)(H,23,25)/t17-/m0/s1. The van der Waals surface area contributed by atoms with Crippen molar-refractivity contribution >= 4 is 40.7 Å². The Hall–Kier alpha value is -2.02. The molecule has 1 aromatic heterocycles. The lowest BCUT2D eigenvalue weighted by atomic mass is 10.2. The number of halogens is 2. The van der Waals surface area contributed by atoms with Crippen LogP contribution in [0, 0.1) is 0 Å². The van der Waals surface area contributed by atoms with Crippen molar-refractivity contribution in [1.29, 1.82) is 0 Å². The van der Waals surface area contributed by atoms with E-state index in [9.17, 15) is 9.59 Å². The minimum Gasteiger partial charge on any atom is -0.467 e. The number of nitrogens with one attached hydrogen (secondary N) is 2.